The zero-order chi connectivity index (χ0) is 20.3. The lowest BCUT2D eigenvalue weighted by molar-refractivity contribution is -0.142. The Hall–Kier alpha value is -2.04. The first-order valence-electron chi connectivity index (χ1n) is 9.36. The van der Waals surface area contributed by atoms with Crippen molar-refractivity contribution < 1.29 is 22.4 Å². The fraction of sp³-hybridized carbons (Fsp3) is 0.556. The highest BCUT2D eigenvalue weighted by atomic mass is 32.2. The van der Waals surface area contributed by atoms with E-state index >= 15 is 0 Å². The smallest absolute Gasteiger partial charge is 0.243 e. The van der Waals surface area contributed by atoms with Crippen LogP contribution in [0, 0.1) is 5.82 Å². The summed E-state index contributed by atoms with van der Waals surface area (Å²) in [6.45, 7) is 1.94. The Kier molecular flexibility index (Phi) is 6.31. The van der Waals surface area contributed by atoms with Gasteiger partial charge in [-0.1, -0.05) is 0 Å². The molecule has 1 atom stereocenters. The van der Waals surface area contributed by atoms with E-state index in [1.807, 2.05) is 4.90 Å². The molecular weight excluding hydrogens is 387 g/mol. The normalized spacial score (nSPS) is 22.2. The Balaban J connectivity index is 1.57. The molecule has 2 aliphatic heterocycles. The number of likely N-dealkylation sites (tertiary alicyclic amines) is 1. The number of hydrogen-bond donors (Lipinski definition) is 1. The molecule has 1 aromatic rings. The summed E-state index contributed by atoms with van der Waals surface area (Å²) in [6.07, 6.45) is 2.31. The summed E-state index contributed by atoms with van der Waals surface area (Å²) in [5.41, 5.74) is 5.42. The van der Waals surface area contributed by atoms with Crippen molar-refractivity contribution in [3.8, 4) is 0 Å². The number of piperidine rings is 1. The maximum atomic E-state index is 13.0. The van der Waals surface area contributed by atoms with Gasteiger partial charge in [0.15, 0.2) is 0 Å². The lowest BCUT2D eigenvalue weighted by Gasteiger charge is -2.37. The molecule has 2 saturated heterocycles. The van der Waals surface area contributed by atoms with Crippen LogP contribution in [0.1, 0.15) is 19.3 Å². The van der Waals surface area contributed by atoms with Crippen molar-refractivity contribution in [3.05, 3.63) is 30.1 Å². The SMILES string of the molecule is NC(=O)[C@H]1CCCCN1C(=O)CN1CCN(S(=O)(=O)c2ccc(F)cc2)CC1. The van der Waals surface area contributed by atoms with Gasteiger partial charge in [0.2, 0.25) is 21.8 Å². The number of rotatable bonds is 5. The minimum Gasteiger partial charge on any atom is -0.368 e. The molecule has 3 rings (SSSR count). The number of nitrogens with two attached hydrogens (primary N) is 1. The number of halogens is 1. The van der Waals surface area contributed by atoms with Gasteiger partial charge in [-0.05, 0) is 43.5 Å². The number of carbonyl (C=O) groups is 2. The molecule has 0 radical (unpaired) electrons. The number of benzene rings is 1. The third kappa shape index (κ3) is 4.50. The monoisotopic (exact) mass is 412 g/mol. The maximum absolute atomic E-state index is 13.0. The van der Waals surface area contributed by atoms with E-state index in [0.29, 0.717) is 26.1 Å². The second-order valence-electron chi connectivity index (χ2n) is 7.14. The van der Waals surface area contributed by atoms with Crippen molar-refractivity contribution in [1.29, 1.82) is 0 Å². The van der Waals surface area contributed by atoms with E-state index < -0.39 is 27.8 Å². The van der Waals surface area contributed by atoms with E-state index in [1.54, 1.807) is 4.90 Å². The van der Waals surface area contributed by atoms with E-state index in [9.17, 15) is 22.4 Å². The molecule has 2 amide bonds. The van der Waals surface area contributed by atoms with Gasteiger partial charge in [0, 0.05) is 32.7 Å². The van der Waals surface area contributed by atoms with Gasteiger partial charge in [0.05, 0.1) is 11.4 Å². The second-order valence-corrected chi connectivity index (χ2v) is 9.07. The Morgan fingerprint density at radius 3 is 2.29 bits per heavy atom. The van der Waals surface area contributed by atoms with E-state index in [-0.39, 0.29) is 30.4 Å². The van der Waals surface area contributed by atoms with E-state index in [2.05, 4.69) is 0 Å². The van der Waals surface area contributed by atoms with Crippen LogP contribution in [0.2, 0.25) is 0 Å². The van der Waals surface area contributed by atoms with Gasteiger partial charge in [-0.3, -0.25) is 14.5 Å². The molecule has 2 heterocycles. The number of nitrogens with zero attached hydrogens (tertiary/aromatic N) is 3. The molecule has 0 unspecified atom stereocenters. The van der Waals surface area contributed by atoms with Gasteiger partial charge in [-0.15, -0.1) is 0 Å². The van der Waals surface area contributed by atoms with Gasteiger partial charge >= 0.3 is 0 Å². The summed E-state index contributed by atoms with van der Waals surface area (Å²) < 4.78 is 39.7. The van der Waals surface area contributed by atoms with Crippen molar-refractivity contribution in [2.75, 3.05) is 39.3 Å². The molecule has 1 aromatic carbocycles. The van der Waals surface area contributed by atoms with Crippen molar-refractivity contribution in [1.82, 2.24) is 14.1 Å². The molecule has 28 heavy (non-hydrogen) atoms. The molecule has 154 valence electrons. The van der Waals surface area contributed by atoms with Crippen LogP contribution in [0.4, 0.5) is 4.39 Å². The molecule has 0 bridgehead atoms. The Bertz CT molecular complexity index is 822. The largest absolute Gasteiger partial charge is 0.368 e. The third-order valence-corrected chi connectivity index (χ3v) is 7.21. The van der Waals surface area contributed by atoms with Gasteiger partial charge in [0.25, 0.3) is 0 Å². The third-order valence-electron chi connectivity index (χ3n) is 5.29. The first-order chi connectivity index (χ1) is 13.3. The summed E-state index contributed by atoms with van der Waals surface area (Å²) in [5.74, 6) is -1.13. The number of primary amides is 1. The van der Waals surface area contributed by atoms with Gasteiger partial charge in [0.1, 0.15) is 11.9 Å². The van der Waals surface area contributed by atoms with Crippen LogP contribution in [0.25, 0.3) is 0 Å². The standard InChI is InChI=1S/C18H25FN4O4S/c19-14-4-6-15(7-5-14)28(26,27)22-11-9-21(10-12-22)13-17(24)23-8-2-1-3-16(23)18(20)25/h4-7,16H,1-3,8-13H2,(H2,20,25)/t16-/m1/s1. The number of hydrogen-bond acceptors (Lipinski definition) is 5. The number of sulfonamides is 1. The maximum Gasteiger partial charge on any atom is 0.243 e. The molecular formula is C18H25FN4O4S. The number of amides is 2. The molecule has 2 aliphatic rings. The van der Waals surface area contributed by atoms with Crippen LogP contribution in [0.5, 0.6) is 0 Å². The molecule has 0 spiro atoms. The lowest BCUT2D eigenvalue weighted by Crippen LogP contribution is -2.55. The predicted octanol–water partition coefficient (Wildman–Crippen LogP) is -0.00160. The van der Waals surface area contributed by atoms with Gasteiger partial charge in [-0.2, -0.15) is 4.31 Å². The molecule has 2 fully saturated rings. The van der Waals surface area contributed by atoms with Crippen LogP contribution in [-0.4, -0.2) is 79.6 Å². The molecule has 8 nitrogen and oxygen atoms in total. The van der Waals surface area contributed by atoms with Crippen LogP contribution in [0.3, 0.4) is 0 Å². The van der Waals surface area contributed by atoms with Crippen LogP contribution in [0.15, 0.2) is 29.2 Å². The fourth-order valence-electron chi connectivity index (χ4n) is 3.69. The molecule has 0 aliphatic carbocycles. The summed E-state index contributed by atoms with van der Waals surface area (Å²) in [5, 5.41) is 0. The van der Waals surface area contributed by atoms with Crippen molar-refractivity contribution >= 4 is 21.8 Å². The van der Waals surface area contributed by atoms with Crippen LogP contribution >= 0.6 is 0 Å². The zero-order valence-corrected chi connectivity index (χ0v) is 16.4. The first-order valence-corrected chi connectivity index (χ1v) is 10.8. The minimum atomic E-state index is -3.69. The highest BCUT2D eigenvalue weighted by Crippen LogP contribution is 2.20. The van der Waals surface area contributed by atoms with Crippen molar-refractivity contribution in [2.24, 2.45) is 5.73 Å². The highest BCUT2D eigenvalue weighted by Gasteiger charge is 2.33. The molecule has 2 N–H and O–H groups in total. The van der Waals surface area contributed by atoms with Crippen LogP contribution < -0.4 is 5.73 Å². The van der Waals surface area contributed by atoms with E-state index in [0.717, 1.165) is 25.0 Å². The average Bonchev–Trinajstić information content (AvgIpc) is 2.68. The lowest BCUT2D eigenvalue weighted by atomic mass is 10.0. The second kappa shape index (κ2) is 8.54. The van der Waals surface area contributed by atoms with Crippen molar-refractivity contribution in [2.45, 2.75) is 30.2 Å². The number of piperazine rings is 1. The Morgan fingerprint density at radius 2 is 1.68 bits per heavy atom. The number of carbonyl (C=O) groups excluding carboxylic acids is 2. The predicted molar refractivity (Wildman–Crippen MR) is 100 cm³/mol. The summed E-state index contributed by atoms with van der Waals surface area (Å²) >= 11 is 0. The molecule has 0 saturated carbocycles. The quantitative estimate of drug-likeness (QED) is 0.733. The van der Waals surface area contributed by atoms with Gasteiger partial charge < -0.3 is 10.6 Å². The Morgan fingerprint density at radius 1 is 1.04 bits per heavy atom. The minimum absolute atomic E-state index is 0.0519. The molecule has 0 aromatic heterocycles. The van der Waals surface area contributed by atoms with E-state index in [1.165, 1.54) is 16.4 Å². The summed E-state index contributed by atoms with van der Waals surface area (Å²) in [6, 6.07) is 4.19. The summed E-state index contributed by atoms with van der Waals surface area (Å²) in [4.78, 5) is 27.7. The van der Waals surface area contributed by atoms with E-state index in [4.69, 9.17) is 5.73 Å². The topological polar surface area (TPSA) is 104 Å². The Labute approximate surface area is 164 Å². The van der Waals surface area contributed by atoms with Gasteiger partial charge in [-0.25, -0.2) is 12.8 Å². The average molecular weight is 412 g/mol. The molecule has 10 heteroatoms. The van der Waals surface area contributed by atoms with Crippen molar-refractivity contribution in [3.63, 3.8) is 0 Å². The summed E-state index contributed by atoms with van der Waals surface area (Å²) in [7, 11) is -3.69. The fourth-order valence-corrected chi connectivity index (χ4v) is 5.11. The van der Waals surface area contributed by atoms with Crippen LogP contribution in [-0.2, 0) is 19.6 Å². The zero-order valence-electron chi connectivity index (χ0n) is 15.6. The highest BCUT2D eigenvalue weighted by molar-refractivity contribution is 7.89. The first kappa shape index (κ1) is 20.7.